The molecule has 0 atom stereocenters. The highest BCUT2D eigenvalue weighted by Gasteiger charge is 2.25. The number of carboxylic acid groups (broad SMARTS) is 1. The maximum atomic E-state index is 12.4. The first-order valence-electron chi connectivity index (χ1n) is 6.83. The molecule has 0 aliphatic rings. The van der Waals surface area contributed by atoms with E-state index in [1.165, 1.54) is 31.4 Å². The summed E-state index contributed by atoms with van der Waals surface area (Å²) in [5.41, 5.74) is 0. The van der Waals surface area contributed by atoms with Crippen LogP contribution in [-0.2, 0) is 24.3 Å². The van der Waals surface area contributed by atoms with E-state index >= 15 is 0 Å². The minimum atomic E-state index is -3.91. The molecule has 1 N–H and O–H groups in total. The van der Waals surface area contributed by atoms with Crippen LogP contribution in [0, 0.1) is 0 Å². The summed E-state index contributed by atoms with van der Waals surface area (Å²) < 4.78 is 35.3. The number of sulfonamides is 1. The number of rotatable bonds is 9. The van der Waals surface area contributed by atoms with E-state index in [1.54, 1.807) is 6.92 Å². The Balaban J connectivity index is 2.91. The van der Waals surface area contributed by atoms with E-state index in [0.717, 1.165) is 4.31 Å². The van der Waals surface area contributed by atoms with E-state index in [4.69, 9.17) is 9.84 Å². The SMILES string of the molecule is CCCN(CC(=O)O)S(=O)(=O)c1ccc(OCC(=O)OC)cc1. The molecule has 1 rings (SSSR count). The van der Waals surface area contributed by atoms with Crippen LogP contribution < -0.4 is 4.74 Å². The third-order valence-corrected chi connectivity index (χ3v) is 4.69. The van der Waals surface area contributed by atoms with Gasteiger partial charge >= 0.3 is 11.9 Å². The van der Waals surface area contributed by atoms with E-state index in [1.807, 2.05) is 0 Å². The zero-order valence-corrected chi connectivity index (χ0v) is 13.7. The summed E-state index contributed by atoms with van der Waals surface area (Å²) >= 11 is 0. The molecule has 0 unspecified atom stereocenters. The Labute approximate surface area is 134 Å². The molecule has 0 bridgehead atoms. The highest BCUT2D eigenvalue weighted by Crippen LogP contribution is 2.20. The molecule has 0 aliphatic heterocycles. The van der Waals surface area contributed by atoms with Gasteiger partial charge in [-0.2, -0.15) is 4.31 Å². The Hall–Kier alpha value is -2.13. The molecule has 0 saturated carbocycles. The minimum absolute atomic E-state index is 0.0439. The van der Waals surface area contributed by atoms with Crippen molar-refractivity contribution in [3.63, 3.8) is 0 Å². The zero-order valence-electron chi connectivity index (χ0n) is 12.9. The lowest BCUT2D eigenvalue weighted by molar-refractivity contribution is -0.143. The number of carbonyl (C=O) groups is 2. The molecule has 0 radical (unpaired) electrons. The van der Waals surface area contributed by atoms with Gasteiger partial charge in [-0.05, 0) is 30.7 Å². The summed E-state index contributed by atoms with van der Waals surface area (Å²) in [4.78, 5) is 21.8. The number of aliphatic carboxylic acids is 1. The van der Waals surface area contributed by atoms with Crippen LogP contribution in [0.1, 0.15) is 13.3 Å². The van der Waals surface area contributed by atoms with Crippen LogP contribution in [0.5, 0.6) is 5.75 Å². The van der Waals surface area contributed by atoms with Gasteiger partial charge in [0, 0.05) is 6.54 Å². The summed E-state index contributed by atoms with van der Waals surface area (Å²) in [6.07, 6.45) is 0.493. The van der Waals surface area contributed by atoms with Crippen molar-refractivity contribution >= 4 is 22.0 Å². The third-order valence-electron chi connectivity index (χ3n) is 2.83. The molecule has 0 heterocycles. The first kappa shape index (κ1) is 18.9. The molecule has 128 valence electrons. The first-order valence-corrected chi connectivity index (χ1v) is 8.27. The van der Waals surface area contributed by atoms with Gasteiger partial charge in [0.2, 0.25) is 10.0 Å². The summed E-state index contributed by atoms with van der Waals surface area (Å²) in [5, 5.41) is 8.84. The van der Waals surface area contributed by atoms with Crippen molar-refractivity contribution in [2.45, 2.75) is 18.2 Å². The lowest BCUT2D eigenvalue weighted by Crippen LogP contribution is -2.36. The number of hydrogen-bond donors (Lipinski definition) is 1. The van der Waals surface area contributed by atoms with Gasteiger partial charge < -0.3 is 14.6 Å². The van der Waals surface area contributed by atoms with Crippen LogP contribution in [0.15, 0.2) is 29.2 Å². The van der Waals surface area contributed by atoms with Gasteiger partial charge in [0.05, 0.1) is 12.0 Å². The predicted molar refractivity (Wildman–Crippen MR) is 80.6 cm³/mol. The molecule has 0 amide bonds. The molecular formula is C14H19NO7S. The lowest BCUT2D eigenvalue weighted by atomic mass is 10.3. The number of hydrogen-bond acceptors (Lipinski definition) is 6. The van der Waals surface area contributed by atoms with Crippen LogP contribution >= 0.6 is 0 Å². The zero-order chi connectivity index (χ0) is 17.5. The van der Waals surface area contributed by atoms with Gasteiger partial charge in [0.25, 0.3) is 0 Å². The van der Waals surface area contributed by atoms with Crippen molar-refractivity contribution in [3.8, 4) is 5.75 Å². The number of nitrogens with zero attached hydrogens (tertiary/aromatic N) is 1. The maximum absolute atomic E-state index is 12.4. The Morgan fingerprint density at radius 2 is 1.83 bits per heavy atom. The fraction of sp³-hybridized carbons (Fsp3) is 0.429. The number of ether oxygens (including phenoxy) is 2. The second kappa shape index (κ2) is 8.49. The monoisotopic (exact) mass is 345 g/mol. The van der Waals surface area contributed by atoms with E-state index in [-0.39, 0.29) is 18.0 Å². The summed E-state index contributed by atoms with van der Waals surface area (Å²) in [5.74, 6) is -1.48. The largest absolute Gasteiger partial charge is 0.482 e. The number of methoxy groups -OCH3 is 1. The van der Waals surface area contributed by atoms with E-state index in [9.17, 15) is 18.0 Å². The normalized spacial score (nSPS) is 11.3. The van der Waals surface area contributed by atoms with Gasteiger partial charge in [-0.25, -0.2) is 13.2 Å². The van der Waals surface area contributed by atoms with Gasteiger partial charge in [0.15, 0.2) is 6.61 Å². The van der Waals surface area contributed by atoms with E-state index in [2.05, 4.69) is 4.74 Å². The molecule has 1 aromatic rings. The topological polar surface area (TPSA) is 110 Å². The molecule has 1 aromatic carbocycles. The quantitative estimate of drug-likeness (QED) is 0.657. The minimum Gasteiger partial charge on any atom is -0.482 e. The van der Waals surface area contributed by atoms with E-state index in [0.29, 0.717) is 12.2 Å². The summed E-state index contributed by atoms with van der Waals surface area (Å²) in [6, 6.07) is 5.38. The highest BCUT2D eigenvalue weighted by atomic mass is 32.2. The van der Waals surface area contributed by atoms with Crippen molar-refractivity contribution in [2.24, 2.45) is 0 Å². The first-order chi connectivity index (χ1) is 10.8. The molecule has 8 nitrogen and oxygen atoms in total. The molecule has 0 aliphatic carbocycles. The number of carbonyl (C=O) groups excluding carboxylic acids is 1. The van der Waals surface area contributed by atoms with Crippen LogP contribution in [0.4, 0.5) is 0 Å². The second-order valence-electron chi connectivity index (χ2n) is 4.57. The van der Waals surface area contributed by atoms with Crippen molar-refractivity contribution in [1.29, 1.82) is 0 Å². The Kier molecular flexibility index (Phi) is 6.98. The molecule has 23 heavy (non-hydrogen) atoms. The Bertz CT molecular complexity index is 640. The molecule has 0 fully saturated rings. The maximum Gasteiger partial charge on any atom is 0.343 e. The fourth-order valence-corrected chi connectivity index (χ4v) is 3.22. The summed E-state index contributed by atoms with van der Waals surface area (Å²) in [7, 11) is -2.68. The third kappa shape index (κ3) is 5.53. The Morgan fingerprint density at radius 3 is 2.30 bits per heavy atom. The van der Waals surface area contributed by atoms with Crippen molar-refractivity contribution in [1.82, 2.24) is 4.31 Å². The van der Waals surface area contributed by atoms with Crippen LogP contribution in [-0.4, -0.2) is 56.6 Å². The molecule has 0 aromatic heterocycles. The highest BCUT2D eigenvalue weighted by molar-refractivity contribution is 7.89. The average molecular weight is 345 g/mol. The number of esters is 1. The van der Waals surface area contributed by atoms with E-state index < -0.39 is 28.5 Å². The number of benzene rings is 1. The fourth-order valence-electron chi connectivity index (χ4n) is 1.74. The molecular weight excluding hydrogens is 326 g/mol. The van der Waals surface area contributed by atoms with Crippen LogP contribution in [0.2, 0.25) is 0 Å². The molecule has 9 heteroatoms. The van der Waals surface area contributed by atoms with Crippen molar-refractivity contribution in [2.75, 3.05) is 26.8 Å². The van der Waals surface area contributed by atoms with Crippen LogP contribution in [0.25, 0.3) is 0 Å². The molecule has 0 spiro atoms. The smallest absolute Gasteiger partial charge is 0.343 e. The van der Waals surface area contributed by atoms with Gasteiger partial charge in [-0.3, -0.25) is 4.79 Å². The van der Waals surface area contributed by atoms with Gasteiger partial charge in [-0.1, -0.05) is 6.92 Å². The van der Waals surface area contributed by atoms with Crippen molar-refractivity contribution < 1.29 is 32.6 Å². The van der Waals surface area contributed by atoms with Gasteiger partial charge in [-0.15, -0.1) is 0 Å². The van der Waals surface area contributed by atoms with Crippen LogP contribution in [0.3, 0.4) is 0 Å². The van der Waals surface area contributed by atoms with Crippen molar-refractivity contribution in [3.05, 3.63) is 24.3 Å². The standard InChI is InChI=1S/C14H19NO7S/c1-3-8-15(9-13(16)17)23(19,20)12-6-4-11(5-7-12)22-10-14(18)21-2/h4-7H,3,8-10H2,1-2H3,(H,16,17). The average Bonchev–Trinajstić information content (AvgIpc) is 2.52. The molecule has 0 saturated heterocycles. The van der Waals surface area contributed by atoms with Gasteiger partial charge in [0.1, 0.15) is 12.3 Å². The lowest BCUT2D eigenvalue weighted by Gasteiger charge is -2.19. The predicted octanol–water partition coefficient (Wildman–Crippen LogP) is 0.724. The Morgan fingerprint density at radius 1 is 1.22 bits per heavy atom. The second-order valence-corrected chi connectivity index (χ2v) is 6.51. The number of carboxylic acids is 1. The summed E-state index contributed by atoms with van der Waals surface area (Å²) in [6.45, 7) is 0.976.